The van der Waals surface area contributed by atoms with Gasteiger partial charge in [-0.3, -0.25) is 4.57 Å². The lowest BCUT2D eigenvalue weighted by atomic mass is 9.91. The van der Waals surface area contributed by atoms with Crippen LogP contribution >= 0.6 is 0 Å². The van der Waals surface area contributed by atoms with Crippen LogP contribution in [0.4, 0.5) is 0 Å². The Morgan fingerprint density at radius 3 is 1.71 bits per heavy atom. The fourth-order valence-corrected chi connectivity index (χ4v) is 8.13. The van der Waals surface area contributed by atoms with E-state index in [9.17, 15) is 0 Å². The molecule has 0 aliphatic heterocycles. The van der Waals surface area contributed by atoms with Gasteiger partial charge in [0.2, 0.25) is 5.95 Å². The molecule has 0 saturated heterocycles. The van der Waals surface area contributed by atoms with Crippen LogP contribution in [0, 0.1) is 0 Å². The second-order valence-electron chi connectivity index (χ2n) is 13.2. The van der Waals surface area contributed by atoms with E-state index in [1.165, 1.54) is 49.2 Å². The molecule has 2 aromatic heterocycles. The van der Waals surface area contributed by atoms with Crippen LogP contribution in [0.1, 0.15) is 0 Å². The minimum Gasteiger partial charge on any atom is -0.278 e. The lowest BCUT2D eigenvalue weighted by Crippen LogP contribution is -2.07. The fraction of sp³-hybridized carbons (Fsp3) is 0. The van der Waals surface area contributed by atoms with E-state index in [1.807, 2.05) is 18.2 Å². The van der Waals surface area contributed by atoms with Crippen LogP contribution in [0.25, 0.3) is 105 Å². The van der Waals surface area contributed by atoms with Gasteiger partial charge < -0.3 is 0 Å². The highest BCUT2D eigenvalue weighted by molar-refractivity contribution is 6.19. The zero-order valence-corrected chi connectivity index (χ0v) is 27.5. The Bertz CT molecular complexity index is 3000. The van der Waals surface area contributed by atoms with Gasteiger partial charge in [-0.05, 0) is 73.1 Å². The molecule has 1 aliphatic rings. The number of fused-ring (bicyclic) bond motifs is 7. The first-order valence-electron chi connectivity index (χ1n) is 17.3. The standard InChI is InChI=1S/C47H28N4/c1-2-13-29(14-3-1)45-48-46(50-47(49-45)51-42-24-11-10-20-36(42)41-27-30-15-4-5-16-31(30)28-43(41)51)40-21-9-8-19-34(40)35-25-26-39-33-18-7-6-17-32(33)37-22-12-23-38(35)44(37)39/h1-28H. The maximum Gasteiger partial charge on any atom is 0.238 e. The van der Waals surface area contributed by atoms with Crippen molar-refractivity contribution in [1.82, 2.24) is 19.5 Å². The first-order chi connectivity index (χ1) is 25.3. The van der Waals surface area contributed by atoms with Crippen LogP contribution in [0.2, 0.25) is 0 Å². The molecule has 0 radical (unpaired) electrons. The van der Waals surface area contributed by atoms with Gasteiger partial charge in [0.05, 0.1) is 11.0 Å². The molecule has 0 bridgehead atoms. The topological polar surface area (TPSA) is 43.6 Å². The summed E-state index contributed by atoms with van der Waals surface area (Å²) in [6.07, 6.45) is 0. The zero-order chi connectivity index (χ0) is 33.5. The monoisotopic (exact) mass is 648 g/mol. The third-order valence-corrected chi connectivity index (χ3v) is 10.4. The number of benzene rings is 8. The number of rotatable bonds is 4. The molecule has 0 saturated carbocycles. The van der Waals surface area contributed by atoms with Gasteiger partial charge in [0.1, 0.15) is 0 Å². The Morgan fingerprint density at radius 2 is 0.902 bits per heavy atom. The van der Waals surface area contributed by atoms with E-state index in [1.54, 1.807) is 0 Å². The van der Waals surface area contributed by atoms with Gasteiger partial charge in [0.15, 0.2) is 11.6 Å². The lowest BCUT2D eigenvalue weighted by molar-refractivity contribution is 0.954. The van der Waals surface area contributed by atoms with Crippen LogP contribution < -0.4 is 0 Å². The molecule has 0 amide bonds. The van der Waals surface area contributed by atoms with Crippen molar-refractivity contribution in [2.75, 3.05) is 0 Å². The molecule has 1 aliphatic carbocycles. The first-order valence-corrected chi connectivity index (χ1v) is 17.3. The zero-order valence-electron chi connectivity index (χ0n) is 27.5. The molecule has 51 heavy (non-hydrogen) atoms. The summed E-state index contributed by atoms with van der Waals surface area (Å²) in [5, 5.41) is 7.23. The molecular weight excluding hydrogens is 621 g/mol. The van der Waals surface area contributed by atoms with Gasteiger partial charge in [-0.2, -0.15) is 9.97 Å². The molecule has 0 fully saturated rings. The van der Waals surface area contributed by atoms with Crippen molar-refractivity contribution in [2.45, 2.75) is 0 Å². The molecule has 4 heteroatoms. The van der Waals surface area contributed by atoms with Crippen LogP contribution in [0.15, 0.2) is 170 Å². The molecule has 11 rings (SSSR count). The summed E-state index contributed by atoms with van der Waals surface area (Å²) in [6, 6.07) is 60.2. The van der Waals surface area contributed by atoms with Crippen LogP contribution in [-0.2, 0) is 0 Å². The maximum absolute atomic E-state index is 5.34. The van der Waals surface area contributed by atoms with E-state index in [4.69, 9.17) is 15.0 Å². The molecule has 2 heterocycles. The Labute approximate surface area is 294 Å². The van der Waals surface area contributed by atoms with Crippen molar-refractivity contribution >= 4 is 43.4 Å². The molecule has 0 spiro atoms. The first kappa shape index (κ1) is 28.0. The second-order valence-corrected chi connectivity index (χ2v) is 13.2. The van der Waals surface area contributed by atoms with E-state index in [-0.39, 0.29) is 0 Å². The number of hydrogen-bond donors (Lipinski definition) is 0. The maximum atomic E-state index is 5.34. The van der Waals surface area contributed by atoms with Crippen molar-refractivity contribution in [3.63, 3.8) is 0 Å². The molecule has 0 N–H and O–H groups in total. The minimum atomic E-state index is 0.589. The van der Waals surface area contributed by atoms with E-state index >= 15 is 0 Å². The average molecular weight is 649 g/mol. The van der Waals surface area contributed by atoms with E-state index in [0.29, 0.717) is 17.6 Å². The molecule has 10 aromatic rings. The van der Waals surface area contributed by atoms with Crippen molar-refractivity contribution in [2.24, 2.45) is 0 Å². The van der Waals surface area contributed by atoms with Gasteiger partial charge >= 0.3 is 0 Å². The lowest BCUT2D eigenvalue weighted by Gasteiger charge is -2.15. The minimum absolute atomic E-state index is 0.589. The summed E-state index contributed by atoms with van der Waals surface area (Å²) < 4.78 is 2.20. The molecule has 4 nitrogen and oxygen atoms in total. The van der Waals surface area contributed by atoms with Crippen molar-refractivity contribution < 1.29 is 0 Å². The molecule has 0 unspecified atom stereocenters. The Morgan fingerprint density at radius 1 is 0.333 bits per heavy atom. The number of para-hydroxylation sites is 1. The number of hydrogen-bond acceptors (Lipinski definition) is 3. The third kappa shape index (κ3) is 4.17. The van der Waals surface area contributed by atoms with Gasteiger partial charge in [-0.1, -0.05) is 152 Å². The Hall–Kier alpha value is -6.91. The van der Waals surface area contributed by atoms with E-state index in [2.05, 4.69) is 156 Å². The highest BCUT2D eigenvalue weighted by atomic mass is 15.2. The smallest absolute Gasteiger partial charge is 0.238 e. The summed E-state index contributed by atoms with van der Waals surface area (Å²) in [7, 11) is 0. The number of nitrogens with zero attached hydrogens (tertiary/aromatic N) is 4. The summed E-state index contributed by atoms with van der Waals surface area (Å²) in [5.74, 6) is 1.85. The van der Waals surface area contributed by atoms with Gasteiger partial charge in [-0.25, -0.2) is 4.98 Å². The summed E-state index contributed by atoms with van der Waals surface area (Å²) in [5.41, 5.74) is 11.4. The van der Waals surface area contributed by atoms with E-state index in [0.717, 1.165) is 38.7 Å². The summed E-state index contributed by atoms with van der Waals surface area (Å²) >= 11 is 0. The van der Waals surface area contributed by atoms with Gasteiger partial charge in [0.25, 0.3) is 0 Å². The van der Waals surface area contributed by atoms with Crippen molar-refractivity contribution in [1.29, 1.82) is 0 Å². The largest absolute Gasteiger partial charge is 0.278 e. The fourth-order valence-electron chi connectivity index (χ4n) is 8.13. The number of aromatic nitrogens is 4. The van der Waals surface area contributed by atoms with Crippen LogP contribution in [0.5, 0.6) is 0 Å². The second kappa shape index (κ2) is 10.8. The highest BCUT2D eigenvalue weighted by Gasteiger charge is 2.24. The predicted molar refractivity (Wildman–Crippen MR) is 210 cm³/mol. The van der Waals surface area contributed by atoms with Gasteiger partial charge in [0, 0.05) is 21.9 Å². The molecule has 0 atom stereocenters. The van der Waals surface area contributed by atoms with E-state index < -0.39 is 0 Å². The Balaban J connectivity index is 1.19. The summed E-state index contributed by atoms with van der Waals surface area (Å²) in [6.45, 7) is 0. The molecule has 236 valence electrons. The molecule has 8 aromatic carbocycles. The quantitative estimate of drug-likeness (QED) is 0.191. The molecular formula is C47H28N4. The van der Waals surface area contributed by atoms with Crippen LogP contribution in [0.3, 0.4) is 0 Å². The normalized spacial score (nSPS) is 11.9. The van der Waals surface area contributed by atoms with Gasteiger partial charge in [-0.15, -0.1) is 0 Å². The third-order valence-electron chi connectivity index (χ3n) is 10.4. The Kier molecular flexibility index (Phi) is 5.92. The average Bonchev–Trinajstić information content (AvgIpc) is 3.70. The summed E-state index contributed by atoms with van der Waals surface area (Å²) in [4.78, 5) is 15.7. The van der Waals surface area contributed by atoms with Crippen molar-refractivity contribution in [3.8, 4) is 62.1 Å². The van der Waals surface area contributed by atoms with Crippen molar-refractivity contribution in [3.05, 3.63) is 170 Å². The SMILES string of the molecule is c1ccc(-c2nc(-c3ccccc3-c3ccc4c5c(cccc35)-c3ccccc3-4)nc(-n3c4ccccc4c4cc5ccccc5cc43)n2)cc1. The predicted octanol–water partition coefficient (Wildman–Crippen LogP) is 11.9. The highest BCUT2D eigenvalue weighted by Crippen LogP contribution is 2.50. The van der Waals surface area contributed by atoms with Crippen LogP contribution in [-0.4, -0.2) is 19.5 Å².